The van der Waals surface area contributed by atoms with Gasteiger partial charge in [0.25, 0.3) is 10.1 Å². The summed E-state index contributed by atoms with van der Waals surface area (Å²) in [6.45, 7) is 2.18. The Labute approximate surface area is 234 Å². The van der Waals surface area contributed by atoms with E-state index in [1.165, 1.54) is 12.8 Å². The van der Waals surface area contributed by atoms with E-state index in [0.717, 1.165) is 43.7 Å². The van der Waals surface area contributed by atoms with Crippen molar-refractivity contribution >= 4 is 32.2 Å². The summed E-state index contributed by atoms with van der Waals surface area (Å²) in [5, 5.41) is 0. The fourth-order valence-corrected chi connectivity index (χ4v) is 10.6. The van der Waals surface area contributed by atoms with Crippen molar-refractivity contribution in [2.45, 2.75) is 69.9 Å². The first-order valence-corrected chi connectivity index (χ1v) is 17.2. The molecule has 0 aliphatic heterocycles. The molecule has 0 saturated heterocycles. The molecule has 0 heterocycles. The van der Waals surface area contributed by atoms with Gasteiger partial charge < -0.3 is 0 Å². The van der Waals surface area contributed by atoms with Crippen molar-refractivity contribution in [3.8, 4) is 0 Å². The SMILES string of the molecule is CCCCCCCCS(=O)(=O)OS(c1ccccc1)(c1ccccc1)c1ccc(Sc2ccccc2)cc1. The lowest BCUT2D eigenvalue weighted by Gasteiger charge is -2.39. The van der Waals surface area contributed by atoms with Crippen LogP contribution in [0.3, 0.4) is 0 Å². The van der Waals surface area contributed by atoms with Gasteiger partial charge in [0.05, 0.1) is 5.75 Å². The first-order chi connectivity index (χ1) is 18.5. The van der Waals surface area contributed by atoms with Crippen LogP contribution in [0.2, 0.25) is 0 Å². The van der Waals surface area contributed by atoms with Gasteiger partial charge in [0.2, 0.25) is 0 Å². The maximum absolute atomic E-state index is 13.6. The Morgan fingerprint density at radius 3 is 1.55 bits per heavy atom. The normalized spacial score (nSPS) is 12.3. The van der Waals surface area contributed by atoms with Gasteiger partial charge in [0.15, 0.2) is 0 Å². The zero-order valence-electron chi connectivity index (χ0n) is 21.9. The smallest absolute Gasteiger partial charge is 0.207 e. The van der Waals surface area contributed by atoms with Crippen LogP contribution in [-0.2, 0) is 13.7 Å². The van der Waals surface area contributed by atoms with Gasteiger partial charge in [-0.25, -0.2) is 3.63 Å². The second kappa shape index (κ2) is 14.0. The molecule has 0 N–H and O–H groups in total. The van der Waals surface area contributed by atoms with Crippen LogP contribution in [0.5, 0.6) is 0 Å². The van der Waals surface area contributed by atoms with Gasteiger partial charge in [-0.1, -0.05) is 105 Å². The Morgan fingerprint density at radius 2 is 1.00 bits per heavy atom. The molecule has 3 nitrogen and oxygen atoms in total. The van der Waals surface area contributed by atoms with Crippen molar-refractivity contribution in [3.05, 3.63) is 115 Å². The van der Waals surface area contributed by atoms with Crippen LogP contribution >= 0.6 is 22.1 Å². The fourth-order valence-electron chi connectivity index (χ4n) is 4.32. The Morgan fingerprint density at radius 1 is 0.553 bits per heavy atom. The van der Waals surface area contributed by atoms with Gasteiger partial charge in [-0.3, -0.25) is 0 Å². The molecule has 4 aromatic carbocycles. The summed E-state index contributed by atoms with van der Waals surface area (Å²) in [5.74, 6) is 0.0233. The third kappa shape index (κ3) is 7.54. The van der Waals surface area contributed by atoms with Crippen molar-refractivity contribution in [1.29, 1.82) is 0 Å². The molecule has 0 atom stereocenters. The van der Waals surface area contributed by atoms with Gasteiger partial charge in [-0.05, 0) is 77.4 Å². The van der Waals surface area contributed by atoms with Gasteiger partial charge in [-0.2, -0.15) is 8.42 Å². The Kier molecular flexibility index (Phi) is 10.5. The lowest BCUT2D eigenvalue weighted by Crippen LogP contribution is -2.17. The van der Waals surface area contributed by atoms with E-state index in [0.29, 0.717) is 6.42 Å². The van der Waals surface area contributed by atoms with E-state index >= 15 is 0 Å². The van der Waals surface area contributed by atoms with Crippen LogP contribution in [-0.4, -0.2) is 14.2 Å². The first-order valence-electron chi connectivity index (χ1n) is 13.2. The van der Waals surface area contributed by atoms with E-state index < -0.39 is 20.4 Å². The highest BCUT2D eigenvalue weighted by atomic mass is 32.3. The largest absolute Gasteiger partial charge is 0.277 e. The highest BCUT2D eigenvalue weighted by Gasteiger charge is 2.37. The summed E-state index contributed by atoms with van der Waals surface area (Å²) >= 11 is 1.68. The summed E-state index contributed by atoms with van der Waals surface area (Å²) in [6.07, 6.45) is 6.07. The zero-order chi connectivity index (χ0) is 26.7. The average molecular weight is 565 g/mol. The summed E-state index contributed by atoms with van der Waals surface area (Å²) in [4.78, 5) is 4.83. The topological polar surface area (TPSA) is 43.4 Å². The molecule has 0 aliphatic rings. The third-order valence-electron chi connectivity index (χ3n) is 6.24. The van der Waals surface area contributed by atoms with Crippen molar-refractivity contribution in [2.24, 2.45) is 0 Å². The van der Waals surface area contributed by atoms with Crippen LogP contribution in [0.25, 0.3) is 0 Å². The quantitative estimate of drug-likeness (QED) is 0.143. The summed E-state index contributed by atoms with van der Waals surface area (Å²) in [6, 6.07) is 38.0. The number of rotatable bonds is 14. The van der Waals surface area contributed by atoms with E-state index in [2.05, 4.69) is 31.2 Å². The van der Waals surface area contributed by atoms with Crippen molar-refractivity contribution in [3.63, 3.8) is 0 Å². The highest BCUT2D eigenvalue weighted by molar-refractivity contribution is 8.33. The molecule has 0 radical (unpaired) electrons. The molecule has 0 amide bonds. The molecule has 0 aliphatic carbocycles. The van der Waals surface area contributed by atoms with Gasteiger partial charge >= 0.3 is 0 Å². The molecule has 0 fully saturated rings. The number of hydrogen-bond acceptors (Lipinski definition) is 4. The molecular weight excluding hydrogens is 529 g/mol. The maximum Gasteiger partial charge on any atom is 0.277 e. The van der Waals surface area contributed by atoms with Crippen LogP contribution < -0.4 is 0 Å². The molecule has 0 spiro atoms. The lowest BCUT2D eigenvalue weighted by atomic mass is 10.1. The van der Waals surface area contributed by atoms with Gasteiger partial charge in [0, 0.05) is 24.5 Å². The predicted molar refractivity (Wildman–Crippen MR) is 161 cm³/mol. The molecule has 4 aromatic rings. The minimum Gasteiger partial charge on any atom is -0.207 e. The van der Waals surface area contributed by atoms with E-state index in [9.17, 15) is 8.42 Å². The van der Waals surface area contributed by atoms with Crippen LogP contribution in [0.15, 0.2) is 140 Å². The lowest BCUT2D eigenvalue weighted by molar-refractivity contribution is 0.503. The zero-order valence-corrected chi connectivity index (χ0v) is 24.3. The van der Waals surface area contributed by atoms with Crippen molar-refractivity contribution in [2.75, 3.05) is 5.75 Å². The second-order valence-electron chi connectivity index (χ2n) is 9.17. The second-order valence-corrected chi connectivity index (χ2v) is 14.9. The van der Waals surface area contributed by atoms with Gasteiger partial charge in [0.1, 0.15) is 0 Å². The maximum atomic E-state index is 13.6. The predicted octanol–water partition coefficient (Wildman–Crippen LogP) is 9.74. The molecule has 200 valence electrons. The molecule has 0 aromatic heterocycles. The number of hydrogen-bond donors (Lipinski definition) is 0. The fraction of sp³-hybridized carbons (Fsp3) is 0.250. The molecule has 4 rings (SSSR count). The molecule has 0 bridgehead atoms. The van der Waals surface area contributed by atoms with E-state index in [4.69, 9.17) is 3.63 Å². The van der Waals surface area contributed by atoms with Crippen LogP contribution in [0, 0.1) is 0 Å². The van der Waals surface area contributed by atoms with Crippen LogP contribution in [0.4, 0.5) is 0 Å². The Balaban J connectivity index is 1.70. The van der Waals surface area contributed by atoms with Gasteiger partial charge in [-0.15, -0.1) is 0 Å². The van der Waals surface area contributed by atoms with E-state index in [-0.39, 0.29) is 5.75 Å². The molecule has 38 heavy (non-hydrogen) atoms. The average Bonchev–Trinajstić information content (AvgIpc) is 2.96. The Bertz CT molecular complexity index is 1300. The number of benzene rings is 4. The summed E-state index contributed by atoms with van der Waals surface area (Å²) in [5.41, 5.74) is 0. The van der Waals surface area contributed by atoms with E-state index in [1.54, 1.807) is 11.8 Å². The minimum absolute atomic E-state index is 0.0233. The summed E-state index contributed by atoms with van der Waals surface area (Å²) < 4.78 is 33.5. The first kappa shape index (κ1) is 28.5. The highest BCUT2D eigenvalue weighted by Crippen LogP contribution is 2.70. The Hall–Kier alpha value is -2.51. The third-order valence-corrected chi connectivity index (χ3v) is 12.5. The van der Waals surface area contributed by atoms with Crippen LogP contribution in [0.1, 0.15) is 45.4 Å². The molecule has 0 saturated carbocycles. The number of unbranched alkanes of at least 4 members (excludes halogenated alkanes) is 5. The monoisotopic (exact) mass is 564 g/mol. The minimum atomic E-state index is -3.80. The van der Waals surface area contributed by atoms with Crippen molar-refractivity contribution in [1.82, 2.24) is 0 Å². The van der Waals surface area contributed by atoms with E-state index in [1.807, 2.05) is 91.0 Å². The summed E-state index contributed by atoms with van der Waals surface area (Å²) in [7, 11) is -6.33. The van der Waals surface area contributed by atoms with Crippen molar-refractivity contribution < 1.29 is 12.0 Å². The molecular formula is C32H36O3S3. The molecule has 0 unspecified atom stereocenters. The standard InChI is InChI=1S/C32H36O3S3/c1-2-3-4-5-6-16-27-37(33,34)35-38(30-19-12-8-13-20-30,31-21-14-9-15-22-31)32-25-23-29(24-26-32)36-28-17-10-7-11-18-28/h7-15,17-26H,2-6,16,27H2,1H3. The molecule has 6 heteroatoms.